The van der Waals surface area contributed by atoms with Gasteiger partial charge in [-0.25, -0.2) is 0 Å². The maximum atomic E-state index is 12.0. The summed E-state index contributed by atoms with van der Waals surface area (Å²) in [5.41, 5.74) is 3.47. The Labute approximate surface area is 143 Å². The van der Waals surface area contributed by atoms with Crippen LogP contribution in [0.2, 0.25) is 0 Å². The molecule has 1 heterocycles. The van der Waals surface area contributed by atoms with E-state index in [4.69, 9.17) is 0 Å². The lowest BCUT2D eigenvalue weighted by Crippen LogP contribution is -2.24. The Kier molecular flexibility index (Phi) is 5.60. The number of aryl methyl sites for hydroxylation is 2. The third kappa shape index (κ3) is 5.08. The number of rotatable bonds is 5. The van der Waals surface area contributed by atoms with Gasteiger partial charge in [0.05, 0.1) is 0 Å². The van der Waals surface area contributed by atoms with Crippen LogP contribution in [-0.4, -0.2) is 10.5 Å². The molecule has 0 fully saturated rings. The lowest BCUT2D eigenvalue weighted by molar-refractivity contribution is -0.121. The first-order chi connectivity index (χ1) is 11.3. The summed E-state index contributed by atoms with van der Waals surface area (Å²) in [6.07, 6.45) is 2.93. The molecule has 0 unspecified atom stereocenters. The van der Waals surface area contributed by atoms with E-state index in [2.05, 4.69) is 50.4 Å². The molecule has 0 bridgehead atoms. The van der Waals surface area contributed by atoms with Gasteiger partial charge in [-0.3, -0.25) is 9.59 Å². The molecule has 0 radical (unpaired) electrons. The highest BCUT2D eigenvalue weighted by Gasteiger charge is 2.13. The molecule has 4 heteroatoms. The molecule has 1 N–H and O–H groups in total. The third-order valence-corrected chi connectivity index (χ3v) is 4.10. The number of hydrogen-bond acceptors (Lipinski definition) is 2. The number of benzene rings is 1. The second-order valence-electron chi connectivity index (χ2n) is 7.21. The van der Waals surface area contributed by atoms with Gasteiger partial charge in [0.25, 0.3) is 0 Å². The summed E-state index contributed by atoms with van der Waals surface area (Å²) in [6, 6.07) is 11.7. The summed E-state index contributed by atoms with van der Waals surface area (Å²) < 4.78 is 1.51. The molecule has 0 aliphatic carbocycles. The van der Waals surface area contributed by atoms with Crippen molar-refractivity contribution in [3.05, 3.63) is 69.6 Å². The fourth-order valence-corrected chi connectivity index (χ4v) is 2.47. The standard InChI is InChI=1S/C20H26N2O2/c1-20(2,3)17-9-5-15(6-10-17)7-11-18(23)21-13-16-8-12-19(24)22(4)14-16/h5-6,8-10,12,14H,7,11,13H2,1-4H3,(H,21,23). The monoisotopic (exact) mass is 326 g/mol. The lowest BCUT2D eigenvalue weighted by atomic mass is 9.86. The summed E-state index contributed by atoms with van der Waals surface area (Å²) >= 11 is 0. The predicted molar refractivity (Wildman–Crippen MR) is 97.0 cm³/mol. The molecule has 0 atom stereocenters. The zero-order valence-electron chi connectivity index (χ0n) is 14.9. The summed E-state index contributed by atoms with van der Waals surface area (Å²) in [4.78, 5) is 23.3. The number of nitrogens with zero attached hydrogens (tertiary/aromatic N) is 1. The molecule has 2 rings (SSSR count). The fraction of sp³-hybridized carbons (Fsp3) is 0.400. The van der Waals surface area contributed by atoms with Gasteiger partial charge >= 0.3 is 0 Å². The Morgan fingerprint density at radius 1 is 1.04 bits per heavy atom. The molecule has 0 aliphatic heterocycles. The average molecular weight is 326 g/mol. The van der Waals surface area contributed by atoms with Crippen molar-refractivity contribution < 1.29 is 4.79 Å². The van der Waals surface area contributed by atoms with Crippen LogP contribution < -0.4 is 10.9 Å². The van der Waals surface area contributed by atoms with Crippen LogP contribution in [0, 0.1) is 0 Å². The molecule has 0 saturated heterocycles. The summed E-state index contributed by atoms with van der Waals surface area (Å²) in [5, 5.41) is 2.90. The minimum atomic E-state index is -0.0521. The van der Waals surface area contributed by atoms with Crippen molar-refractivity contribution in [3.8, 4) is 0 Å². The van der Waals surface area contributed by atoms with E-state index < -0.39 is 0 Å². The van der Waals surface area contributed by atoms with Crippen LogP contribution in [0.3, 0.4) is 0 Å². The van der Waals surface area contributed by atoms with Gasteiger partial charge in [-0.15, -0.1) is 0 Å². The lowest BCUT2D eigenvalue weighted by Gasteiger charge is -2.19. The topological polar surface area (TPSA) is 51.1 Å². The SMILES string of the molecule is Cn1cc(CNC(=O)CCc2ccc(C(C)(C)C)cc2)ccc1=O. The summed E-state index contributed by atoms with van der Waals surface area (Å²) in [7, 11) is 1.70. The van der Waals surface area contributed by atoms with Gasteiger partial charge in [0.1, 0.15) is 0 Å². The highest BCUT2D eigenvalue weighted by Crippen LogP contribution is 2.22. The van der Waals surface area contributed by atoms with Crippen molar-refractivity contribution in [2.45, 2.75) is 45.6 Å². The first-order valence-electron chi connectivity index (χ1n) is 8.27. The Morgan fingerprint density at radius 2 is 1.67 bits per heavy atom. The van der Waals surface area contributed by atoms with E-state index in [9.17, 15) is 9.59 Å². The molecule has 128 valence electrons. The van der Waals surface area contributed by atoms with Crippen LogP contribution in [0.15, 0.2) is 47.4 Å². The van der Waals surface area contributed by atoms with Gasteiger partial charge in [-0.05, 0) is 28.5 Å². The van der Waals surface area contributed by atoms with Crippen molar-refractivity contribution in [2.24, 2.45) is 7.05 Å². The first-order valence-corrected chi connectivity index (χ1v) is 8.27. The molecule has 1 amide bonds. The first kappa shape index (κ1) is 18.0. The molecule has 24 heavy (non-hydrogen) atoms. The molecule has 0 saturated carbocycles. The molecular formula is C20H26N2O2. The number of hydrogen-bond donors (Lipinski definition) is 1. The van der Waals surface area contributed by atoms with Crippen molar-refractivity contribution in [3.63, 3.8) is 0 Å². The van der Waals surface area contributed by atoms with E-state index in [0.717, 1.165) is 12.0 Å². The zero-order valence-corrected chi connectivity index (χ0v) is 14.9. The van der Waals surface area contributed by atoms with E-state index in [-0.39, 0.29) is 16.9 Å². The van der Waals surface area contributed by atoms with Crippen molar-refractivity contribution in [1.29, 1.82) is 0 Å². The molecule has 1 aromatic carbocycles. The van der Waals surface area contributed by atoms with Gasteiger partial charge in [0.2, 0.25) is 11.5 Å². The molecular weight excluding hydrogens is 300 g/mol. The highest BCUT2D eigenvalue weighted by molar-refractivity contribution is 5.76. The summed E-state index contributed by atoms with van der Waals surface area (Å²) in [5.74, 6) is 0.0174. The highest BCUT2D eigenvalue weighted by atomic mass is 16.1. The van der Waals surface area contributed by atoms with Crippen LogP contribution in [0.4, 0.5) is 0 Å². The van der Waals surface area contributed by atoms with Crippen molar-refractivity contribution in [2.75, 3.05) is 0 Å². The molecule has 0 aliphatic rings. The fourth-order valence-electron chi connectivity index (χ4n) is 2.47. The summed E-state index contributed by atoms with van der Waals surface area (Å²) in [6.45, 7) is 7.01. The van der Waals surface area contributed by atoms with E-state index in [0.29, 0.717) is 13.0 Å². The largest absolute Gasteiger partial charge is 0.352 e. The number of nitrogens with one attached hydrogen (secondary N) is 1. The van der Waals surface area contributed by atoms with Gasteiger partial charge < -0.3 is 9.88 Å². The van der Waals surface area contributed by atoms with Gasteiger partial charge in [0.15, 0.2) is 0 Å². The van der Waals surface area contributed by atoms with Gasteiger partial charge in [-0.1, -0.05) is 51.1 Å². The Morgan fingerprint density at radius 3 is 2.25 bits per heavy atom. The Hall–Kier alpha value is -2.36. The van der Waals surface area contributed by atoms with Crippen LogP contribution in [-0.2, 0) is 30.2 Å². The van der Waals surface area contributed by atoms with Crippen molar-refractivity contribution in [1.82, 2.24) is 9.88 Å². The maximum absolute atomic E-state index is 12.0. The minimum absolute atomic E-state index is 0.0174. The number of carbonyl (C=O) groups is 1. The van der Waals surface area contributed by atoms with Gasteiger partial charge in [-0.2, -0.15) is 0 Å². The minimum Gasteiger partial charge on any atom is -0.352 e. The number of amides is 1. The normalized spacial score (nSPS) is 11.3. The third-order valence-electron chi connectivity index (χ3n) is 4.10. The Bertz CT molecular complexity index is 752. The predicted octanol–water partition coefficient (Wildman–Crippen LogP) is 2.93. The van der Waals surface area contributed by atoms with Crippen LogP contribution in [0.5, 0.6) is 0 Å². The number of carbonyl (C=O) groups excluding carboxylic acids is 1. The number of pyridine rings is 1. The second-order valence-corrected chi connectivity index (χ2v) is 7.21. The Balaban J connectivity index is 1.82. The maximum Gasteiger partial charge on any atom is 0.250 e. The zero-order chi connectivity index (χ0) is 17.7. The average Bonchev–Trinajstić information content (AvgIpc) is 2.53. The smallest absolute Gasteiger partial charge is 0.250 e. The van der Waals surface area contributed by atoms with Gasteiger partial charge in [0, 0.05) is 32.3 Å². The van der Waals surface area contributed by atoms with Crippen LogP contribution >= 0.6 is 0 Å². The van der Waals surface area contributed by atoms with E-state index in [1.165, 1.54) is 21.8 Å². The second kappa shape index (κ2) is 7.47. The van der Waals surface area contributed by atoms with Crippen molar-refractivity contribution >= 4 is 5.91 Å². The quantitative estimate of drug-likeness (QED) is 0.918. The van der Waals surface area contributed by atoms with E-state index in [1.54, 1.807) is 19.3 Å². The van der Waals surface area contributed by atoms with Crippen LogP contribution in [0.1, 0.15) is 43.9 Å². The number of aromatic nitrogens is 1. The van der Waals surface area contributed by atoms with E-state index >= 15 is 0 Å². The molecule has 4 nitrogen and oxygen atoms in total. The molecule has 1 aromatic heterocycles. The molecule has 0 spiro atoms. The van der Waals surface area contributed by atoms with Crippen LogP contribution in [0.25, 0.3) is 0 Å². The van der Waals surface area contributed by atoms with E-state index in [1.807, 2.05) is 0 Å². The molecule has 2 aromatic rings.